The van der Waals surface area contributed by atoms with Crippen molar-refractivity contribution in [2.75, 3.05) is 0 Å². The lowest BCUT2D eigenvalue weighted by Gasteiger charge is -2.04. The Labute approximate surface area is 144 Å². The zero-order valence-corrected chi connectivity index (χ0v) is 13.4. The molecule has 0 saturated carbocycles. The van der Waals surface area contributed by atoms with Crippen molar-refractivity contribution >= 4 is 17.0 Å². The molecule has 25 heavy (non-hydrogen) atoms. The maximum Gasteiger partial charge on any atom is 0.312 e. The Kier molecular flexibility index (Phi) is 4.00. The molecule has 3 aromatic heterocycles. The molecule has 0 atom stereocenters. The third kappa shape index (κ3) is 3.28. The predicted molar refractivity (Wildman–Crippen MR) is 93.2 cm³/mol. The molecule has 1 aromatic carbocycles. The van der Waals surface area contributed by atoms with Crippen LogP contribution in [0.3, 0.4) is 0 Å². The SMILES string of the molecule is O=C(Cc1ccn(-c2ccnc3[nH]ccc23)n1)OCc1ccccc1. The van der Waals surface area contributed by atoms with Crippen molar-refractivity contribution in [1.29, 1.82) is 0 Å². The number of aromatic nitrogens is 4. The van der Waals surface area contributed by atoms with Crippen molar-refractivity contribution in [2.24, 2.45) is 0 Å². The van der Waals surface area contributed by atoms with Crippen molar-refractivity contribution in [3.05, 3.63) is 78.4 Å². The van der Waals surface area contributed by atoms with Crippen LogP contribution < -0.4 is 0 Å². The standard InChI is InChI=1S/C19H16N4O2/c24-18(25-13-14-4-2-1-3-5-14)12-15-8-11-23(22-15)17-7-10-21-19-16(17)6-9-20-19/h1-11H,12-13H2,(H,20,21). The molecule has 1 N–H and O–H groups in total. The molecular weight excluding hydrogens is 316 g/mol. The summed E-state index contributed by atoms with van der Waals surface area (Å²) < 4.78 is 7.05. The number of nitrogens with one attached hydrogen (secondary N) is 1. The van der Waals surface area contributed by atoms with E-state index in [1.807, 2.05) is 60.9 Å². The lowest BCUT2D eigenvalue weighted by molar-refractivity contribution is -0.144. The summed E-state index contributed by atoms with van der Waals surface area (Å²) in [4.78, 5) is 19.4. The van der Waals surface area contributed by atoms with Crippen LogP contribution in [-0.4, -0.2) is 25.7 Å². The molecular formula is C19H16N4O2. The quantitative estimate of drug-likeness (QED) is 0.570. The van der Waals surface area contributed by atoms with Crippen LogP contribution in [0.2, 0.25) is 0 Å². The van der Waals surface area contributed by atoms with E-state index in [9.17, 15) is 4.79 Å². The first-order chi connectivity index (χ1) is 12.3. The summed E-state index contributed by atoms with van der Waals surface area (Å²) in [7, 11) is 0. The maximum atomic E-state index is 12.0. The van der Waals surface area contributed by atoms with E-state index in [0.717, 1.165) is 22.3 Å². The summed E-state index contributed by atoms with van der Waals surface area (Å²) in [6.07, 6.45) is 5.54. The number of aromatic amines is 1. The number of H-pyrrole nitrogens is 1. The highest BCUT2D eigenvalue weighted by Crippen LogP contribution is 2.19. The highest BCUT2D eigenvalue weighted by Gasteiger charge is 2.11. The van der Waals surface area contributed by atoms with E-state index in [1.54, 1.807) is 10.9 Å². The second kappa shape index (κ2) is 6.60. The third-order valence-electron chi connectivity index (χ3n) is 3.90. The van der Waals surface area contributed by atoms with E-state index in [4.69, 9.17) is 4.74 Å². The predicted octanol–water partition coefficient (Wildman–Crippen LogP) is 3.03. The van der Waals surface area contributed by atoms with Gasteiger partial charge in [-0.1, -0.05) is 30.3 Å². The van der Waals surface area contributed by atoms with Crippen LogP contribution in [-0.2, 0) is 22.6 Å². The fourth-order valence-electron chi connectivity index (χ4n) is 2.67. The van der Waals surface area contributed by atoms with Crippen molar-refractivity contribution in [1.82, 2.24) is 19.7 Å². The number of fused-ring (bicyclic) bond motifs is 1. The van der Waals surface area contributed by atoms with E-state index in [-0.39, 0.29) is 19.0 Å². The molecule has 6 heteroatoms. The fourth-order valence-corrected chi connectivity index (χ4v) is 2.67. The Morgan fingerprint density at radius 3 is 2.88 bits per heavy atom. The number of esters is 1. The molecule has 4 aromatic rings. The second-order valence-corrected chi connectivity index (χ2v) is 5.64. The summed E-state index contributed by atoms with van der Waals surface area (Å²) in [5.74, 6) is -0.296. The van der Waals surface area contributed by atoms with Crippen molar-refractivity contribution < 1.29 is 9.53 Å². The summed E-state index contributed by atoms with van der Waals surface area (Å²) in [6.45, 7) is 0.273. The third-order valence-corrected chi connectivity index (χ3v) is 3.90. The average molecular weight is 332 g/mol. The number of nitrogens with zero attached hydrogens (tertiary/aromatic N) is 3. The van der Waals surface area contributed by atoms with Gasteiger partial charge in [0.25, 0.3) is 0 Å². The van der Waals surface area contributed by atoms with E-state index >= 15 is 0 Å². The van der Waals surface area contributed by atoms with Crippen molar-refractivity contribution in [3.63, 3.8) is 0 Å². The molecule has 0 saturated heterocycles. The molecule has 0 bridgehead atoms. The average Bonchev–Trinajstić information content (AvgIpc) is 3.30. The molecule has 0 spiro atoms. The molecule has 124 valence electrons. The zero-order valence-electron chi connectivity index (χ0n) is 13.4. The number of hydrogen-bond acceptors (Lipinski definition) is 4. The zero-order chi connectivity index (χ0) is 17.1. The van der Waals surface area contributed by atoms with Gasteiger partial charge in [-0.25, -0.2) is 9.67 Å². The molecule has 6 nitrogen and oxygen atoms in total. The van der Waals surface area contributed by atoms with Crippen LogP contribution in [0, 0.1) is 0 Å². The number of rotatable bonds is 5. The first-order valence-electron chi connectivity index (χ1n) is 7.96. The molecule has 4 rings (SSSR count). The lowest BCUT2D eigenvalue weighted by Crippen LogP contribution is -2.09. The first-order valence-corrected chi connectivity index (χ1v) is 7.96. The van der Waals surface area contributed by atoms with Gasteiger partial charge in [0, 0.05) is 24.0 Å². The monoisotopic (exact) mass is 332 g/mol. The molecule has 0 aliphatic heterocycles. The molecule has 0 radical (unpaired) electrons. The van der Waals surface area contributed by atoms with Gasteiger partial charge < -0.3 is 9.72 Å². The van der Waals surface area contributed by atoms with Gasteiger partial charge in [0.1, 0.15) is 12.3 Å². The first kappa shape index (κ1) is 15.1. The maximum absolute atomic E-state index is 12.0. The number of ether oxygens (including phenoxy) is 1. The molecule has 0 amide bonds. The van der Waals surface area contributed by atoms with Gasteiger partial charge in [-0.2, -0.15) is 5.10 Å². The summed E-state index contributed by atoms with van der Waals surface area (Å²) >= 11 is 0. The largest absolute Gasteiger partial charge is 0.461 e. The van der Waals surface area contributed by atoms with Crippen molar-refractivity contribution in [3.8, 4) is 5.69 Å². The number of pyridine rings is 1. The summed E-state index contributed by atoms with van der Waals surface area (Å²) in [6, 6.07) is 15.3. The van der Waals surface area contributed by atoms with Crippen LogP contribution >= 0.6 is 0 Å². The van der Waals surface area contributed by atoms with Crippen LogP contribution in [0.15, 0.2) is 67.1 Å². The van der Waals surface area contributed by atoms with E-state index in [2.05, 4.69) is 15.1 Å². The Bertz CT molecular complexity index is 1000. The Morgan fingerprint density at radius 1 is 1.12 bits per heavy atom. The van der Waals surface area contributed by atoms with Crippen LogP contribution in [0.25, 0.3) is 16.7 Å². The fraction of sp³-hybridized carbons (Fsp3) is 0.105. The van der Waals surface area contributed by atoms with Gasteiger partial charge in [-0.3, -0.25) is 4.79 Å². The minimum atomic E-state index is -0.296. The number of hydrogen-bond donors (Lipinski definition) is 1. The molecule has 3 heterocycles. The summed E-state index contributed by atoms with van der Waals surface area (Å²) in [5.41, 5.74) is 3.35. The highest BCUT2D eigenvalue weighted by molar-refractivity contribution is 5.84. The summed E-state index contributed by atoms with van der Waals surface area (Å²) in [5, 5.41) is 5.46. The topological polar surface area (TPSA) is 72.8 Å². The minimum absolute atomic E-state index is 0.140. The van der Waals surface area contributed by atoms with Gasteiger partial charge in [0.15, 0.2) is 0 Å². The smallest absolute Gasteiger partial charge is 0.312 e. The number of carbonyl (C=O) groups is 1. The van der Waals surface area contributed by atoms with Crippen LogP contribution in [0.4, 0.5) is 0 Å². The van der Waals surface area contributed by atoms with Gasteiger partial charge in [-0.05, 0) is 23.8 Å². The lowest BCUT2D eigenvalue weighted by atomic mass is 10.2. The van der Waals surface area contributed by atoms with E-state index in [1.165, 1.54) is 0 Å². The highest BCUT2D eigenvalue weighted by atomic mass is 16.5. The minimum Gasteiger partial charge on any atom is -0.461 e. The van der Waals surface area contributed by atoms with Crippen molar-refractivity contribution in [2.45, 2.75) is 13.0 Å². The Balaban J connectivity index is 1.44. The van der Waals surface area contributed by atoms with Gasteiger partial charge >= 0.3 is 5.97 Å². The molecule has 0 aliphatic rings. The molecule has 0 aliphatic carbocycles. The normalized spacial score (nSPS) is 10.9. The van der Waals surface area contributed by atoms with Crippen LogP contribution in [0.5, 0.6) is 0 Å². The second-order valence-electron chi connectivity index (χ2n) is 5.64. The molecule has 0 fully saturated rings. The van der Waals surface area contributed by atoms with Gasteiger partial charge in [0.2, 0.25) is 0 Å². The number of carbonyl (C=O) groups excluding carboxylic acids is 1. The Morgan fingerprint density at radius 2 is 2.00 bits per heavy atom. The van der Waals surface area contributed by atoms with E-state index in [0.29, 0.717) is 5.69 Å². The van der Waals surface area contributed by atoms with Gasteiger partial charge in [-0.15, -0.1) is 0 Å². The Hall–Kier alpha value is -3.41. The van der Waals surface area contributed by atoms with Crippen LogP contribution in [0.1, 0.15) is 11.3 Å². The molecule has 0 unspecified atom stereocenters. The van der Waals surface area contributed by atoms with E-state index < -0.39 is 0 Å². The number of benzene rings is 1. The van der Waals surface area contributed by atoms with Gasteiger partial charge in [0.05, 0.1) is 17.8 Å².